The third kappa shape index (κ3) is 3.36. The van der Waals surface area contributed by atoms with Gasteiger partial charge in [0.25, 0.3) is 0 Å². The predicted octanol–water partition coefficient (Wildman–Crippen LogP) is 6.58. The normalized spacial score (nSPS) is 11.6. The van der Waals surface area contributed by atoms with E-state index in [0.717, 1.165) is 46.1 Å². The monoisotopic (exact) mass is 453 g/mol. The van der Waals surface area contributed by atoms with Crippen LogP contribution in [0.15, 0.2) is 42.6 Å². The van der Waals surface area contributed by atoms with Crippen molar-refractivity contribution in [2.24, 2.45) is 7.05 Å². The van der Waals surface area contributed by atoms with Gasteiger partial charge in [0.1, 0.15) is 22.5 Å². The third-order valence-corrected chi connectivity index (χ3v) is 5.86. The first-order chi connectivity index (χ1) is 15.0. The van der Waals surface area contributed by atoms with Gasteiger partial charge >= 0.3 is 0 Å². The molecule has 2 aromatic carbocycles. The average molecular weight is 454 g/mol. The summed E-state index contributed by atoms with van der Waals surface area (Å²) in [5.74, 6) is 0.107. The van der Waals surface area contributed by atoms with Crippen molar-refractivity contribution >= 4 is 45.1 Å². The molecule has 0 fully saturated rings. The summed E-state index contributed by atoms with van der Waals surface area (Å²) in [7, 11) is 1.89. The number of aromatic nitrogens is 5. The van der Waals surface area contributed by atoms with E-state index in [1.54, 1.807) is 6.07 Å². The number of nitrogens with one attached hydrogen (secondary N) is 1. The number of hydrogen-bond acceptors (Lipinski definition) is 3. The molecule has 31 heavy (non-hydrogen) atoms. The van der Waals surface area contributed by atoms with E-state index in [2.05, 4.69) is 11.9 Å². The summed E-state index contributed by atoms with van der Waals surface area (Å²) in [5.41, 5.74) is 5.56. The number of aryl methyl sites for hydroxylation is 2. The van der Waals surface area contributed by atoms with Gasteiger partial charge in [0.2, 0.25) is 0 Å². The number of fused-ring (bicyclic) bond motifs is 2. The molecule has 0 bridgehead atoms. The van der Waals surface area contributed by atoms with Crippen molar-refractivity contribution in [3.8, 4) is 22.6 Å². The zero-order valence-electron chi connectivity index (χ0n) is 16.9. The second-order valence-electron chi connectivity index (χ2n) is 7.43. The van der Waals surface area contributed by atoms with E-state index in [0.29, 0.717) is 22.1 Å². The molecule has 0 saturated carbocycles. The van der Waals surface area contributed by atoms with Crippen LogP contribution in [0.5, 0.6) is 0 Å². The maximum atomic E-state index is 14.0. The molecule has 0 unspecified atom stereocenters. The smallest absolute Gasteiger partial charge is 0.160 e. The van der Waals surface area contributed by atoms with Gasteiger partial charge < -0.3 is 4.98 Å². The molecule has 5 nitrogen and oxygen atoms in total. The Morgan fingerprint density at radius 2 is 1.87 bits per heavy atom. The van der Waals surface area contributed by atoms with Crippen LogP contribution >= 0.6 is 23.2 Å². The van der Waals surface area contributed by atoms with Crippen LogP contribution < -0.4 is 0 Å². The Balaban J connectivity index is 1.84. The third-order valence-electron chi connectivity index (χ3n) is 5.32. The highest BCUT2D eigenvalue weighted by molar-refractivity contribution is 6.31. The highest BCUT2D eigenvalue weighted by atomic mass is 35.5. The standard InChI is InChI=1S/C23H18Cl2FN5/c1-3-4-18-21-22(31(2)30-18)20(28-23(29-21)12-5-7-13(24)8-6-12)15-11-27-19-10-17(26)16(25)9-14(15)19/h5-11,27H,3-4H2,1-2H3. The maximum Gasteiger partial charge on any atom is 0.160 e. The lowest BCUT2D eigenvalue weighted by molar-refractivity contribution is 0.630. The minimum Gasteiger partial charge on any atom is -0.360 e. The first-order valence-corrected chi connectivity index (χ1v) is 10.7. The van der Waals surface area contributed by atoms with E-state index in [1.807, 2.05) is 42.2 Å². The summed E-state index contributed by atoms with van der Waals surface area (Å²) >= 11 is 12.2. The van der Waals surface area contributed by atoms with Crippen molar-refractivity contribution < 1.29 is 4.39 Å². The molecular formula is C23H18Cl2FN5. The van der Waals surface area contributed by atoms with E-state index >= 15 is 0 Å². The van der Waals surface area contributed by atoms with Crippen LogP contribution in [0.3, 0.4) is 0 Å². The molecule has 5 aromatic rings. The summed E-state index contributed by atoms with van der Waals surface area (Å²) in [5, 5.41) is 6.20. The highest BCUT2D eigenvalue weighted by Crippen LogP contribution is 2.36. The second-order valence-corrected chi connectivity index (χ2v) is 8.28. The Hall–Kier alpha value is -2.96. The van der Waals surface area contributed by atoms with E-state index in [4.69, 9.17) is 38.3 Å². The molecular weight excluding hydrogens is 436 g/mol. The number of rotatable bonds is 4. The average Bonchev–Trinajstić information content (AvgIpc) is 3.29. The van der Waals surface area contributed by atoms with Gasteiger partial charge in [-0.1, -0.05) is 36.5 Å². The SMILES string of the molecule is CCCc1nn(C)c2c(-c3c[nH]c4cc(F)c(Cl)cc34)nc(-c3ccc(Cl)cc3)nc12. The number of benzene rings is 2. The second kappa shape index (κ2) is 7.62. The fourth-order valence-electron chi connectivity index (χ4n) is 3.87. The van der Waals surface area contributed by atoms with E-state index in [-0.39, 0.29) is 5.02 Å². The van der Waals surface area contributed by atoms with E-state index < -0.39 is 5.82 Å². The summed E-state index contributed by atoms with van der Waals surface area (Å²) in [6.07, 6.45) is 3.57. The van der Waals surface area contributed by atoms with E-state index in [9.17, 15) is 4.39 Å². The van der Waals surface area contributed by atoms with Crippen molar-refractivity contribution in [2.75, 3.05) is 0 Å². The van der Waals surface area contributed by atoms with Crippen LogP contribution in [0.25, 0.3) is 44.6 Å². The Kier molecular flexibility index (Phi) is 4.91. The minimum absolute atomic E-state index is 0.0632. The molecule has 8 heteroatoms. The van der Waals surface area contributed by atoms with Crippen LogP contribution in [0.2, 0.25) is 10.0 Å². The molecule has 0 spiro atoms. The molecule has 5 rings (SSSR count). The fraction of sp³-hybridized carbons (Fsp3) is 0.174. The minimum atomic E-state index is -0.469. The molecule has 0 atom stereocenters. The first-order valence-electron chi connectivity index (χ1n) is 9.92. The lowest BCUT2D eigenvalue weighted by Gasteiger charge is -2.08. The first kappa shape index (κ1) is 20.0. The van der Waals surface area contributed by atoms with Gasteiger partial charge in [0, 0.05) is 40.3 Å². The number of hydrogen-bond donors (Lipinski definition) is 1. The summed E-state index contributed by atoms with van der Waals surface area (Å²) in [6.45, 7) is 2.11. The molecule has 0 aliphatic heterocycles. The largest absolute Gasteiger partial charge is 0.360 e. The summed E-state index contributed by atoms with van der Waals surface area (Å²) in [4.78, 5) is 12.9. The van der Waals surface area contributed by atoms with Crippen molar-refractivity contribution in [2.45, 2.75) is 19.8 Å². The van der Waals surface area contributed by atoms with Gasteiger partial charge in [-0.3, -0.25) is 4.68 Å². The van der Waals surface area contributed by atoms with Crippen LogP contribution in [0, 0.1) is 5.82 Å². The van der Waals surface area contributed by atoms with Crippen molar-refractivity contribution in [1.82, 2.24) is 24.7 Å². The topological polar surface area (TPSA) is 59.4 Å². The molecule has 3 aromatic heterocycles. The fourth-order valence-corrected chi connectivity index (χ4v) is 4.16. The van der Waals surface area contributed by atoms with Crippen LogP contribution in [0.4, 0.5) is 4.39 Å². The maximum absolute atomic E-state index is 14.0. The zero-order valence-corrected chi connectivity index (χ0v) is 18.4. The van der Waals surface area contributed by atoms with Gasteiger partial charge in [-0.05, 0) is 42.8 Å². The Bertz CT molecular complexity index is 1440. The molecule has 0 radical (unpaired) electrons. The summed E-state index contributed by atoms with van der Waals surface area (Å²) < 4.78 is 15.8. The number of H-pyrrole nitrogens is 1. The molecule has 1 N–H and O–H groups in total. The molecule has 0 amide bonds. The van der Waals surface area contributed by atoms with Crippen molar-refractivity contribution in [3.63, 3.8) is 0 Å². The van der Waals surface area contributed by atoms with Gasteiger partial charge in [-0.2, -0.15) is 5.10 Å². The van der Waals surface area contributed by atoms with Gasteiger partial charge in [0.15, 0.2) is 5.82 Å². The van der Waals surface area contributed by atoms with Gasteiger partial charge in [0.05, 0.1) is 10.7 Å². The number of aromatic amines is 1. The lowest BCUT2D eigenvalue weighted by atomic mass is 10.1. The zero-order chi connectivity index (χ0) is 21.7. The van der Waals surface area contributed by atoms with Crippen LogP contribution in [-0.2, 0) is 13.5 Å². The Labute approximate surface area is 187 Å². The van der Waals surface area contributed by atoms with Crippen LogP contribution in [-0.4, -0.2) is 24.7 Å². The van der Waals surface area contributed by atoms with Gasteiger partial charge in [-0.25, -0.2) is 14.4 Å². The summed E-state index contributed by atoms with van der Waals surface area (Å²) in [6, 6.07) is 10.4. The van der Waals surface area contributed by atoms with Crippen molar-refractivity contribution in [1.29, 1.82) is 0 Å². The number of nitrogens with zero attached hydrogens (tertiary/aromatic N) is 4. The van der Waals surface area contributed by atoms with Crippen molar-refractivity contribution in [3.05, 3.63) is 64.2 Å². The quantitative estimate of drug-likeness (QED) is 0.334. The Morgan fingerprint density at radius 1 is 1.10 bits per heavy atom. The molecule has 0 aliphatic carbocycles. The molecule has 0 aliphatic rings. The van der Waals surface area contributed by atoms with Crippen LogP contribution in [0.1, 0.15) is 19.0 Å². The lowest BCUT2D eigenvalue weighted by Crippen LogP contribution is -1.98. The molecule has 3 heterocycles. The highest BCUT2D eigenvalue weighted by Gasteiger charge is 2.21. The number of halogens is 3. The van der Waals surface area contributed by atoms with Gasteiger partial charge in [-0.15, -0.1) is 0 Å². The predicted molar refractivity (Wildman–Crippen MR) is 123 cm³/mol. The Morgan fingerprint density at radius 3 is 2.61 bits per heavy atom. The molecule has 156 valence electrons. The van der Waals surface area contributed by atoms with E-state index in [1.165, 1.54) is 6.07 Å². The molecule has 0 saturated heterocycles.